The van der Waals surface area contributed by atoms with Crippen LogP contribution in [-0.2, 0) is 14.3 Å². The largest absolute Gasteiger partial charge is 0.466 e. The first-order valence-corrected chi connectivity index (χ1v) is 39.1. The number of aliphatic hydroxyl groups excluding tert-OH is 2. The molecule has 0 aromatic carbocycles. The number of carbonyl (C=O) groups is 2. The summed E-state index contributed by atoms with van der Waals surface area (Å²) in [5.74, 6) is -0.0641. The van der Waals surface area contributed by atoms with Crippen molar-refractivity contribution in [1.29, 1.82) is 0 Å². The molecule has 510 valence electrons. The Hall–Kier alpha value is -2.44. The number of hydrogen-bond acceptors (Lipinski definition) is 5. The maximum Gasteiger partial charge on any atom is 0.305 e. The van der Waals surface area contributed by atoms with Crippen LogP contribution in [0.2, 0.25) is 0 Å². The number of aliphatic hydroxyl groups is 2. The van der Waals surface area contributed by atoms with E-state index in [-0.39, 0.29) is 18.5 Å². The van der Waals surface area contributed by atoms with E-state index in [1.807, 2.05) is 6.08 Å². The van der Waals surface area contributed by atoms with Gasteiger partial charge in [-0.25, -0.2) is 0 Å². The van der Waals surface area contributed by atoms with Gasteiger partial charge in [-0.15, -0.1) is 0 Å². The fourth-order valence-electron chi connectivity index (χ4n) is 12.1. The molecule has 0 aliphatic heterocycles. The molecule has 0 aromatic rings. The number of ether oxygens (including phenoxy) is 1. The van der Waals surface area contributed by atoms with Crippen molar-refractivity contribution in [2.24, 2.45) is 0 Å². The van der Waals surface area contributed by atoms with Gasteiger partial charge in [0.25, 0.3) is 0 Å². The molecule has 0 rings (SSSR count). The van der Waals surface area contributed by atoms with E-state index in [4.69, 9.17) is 4.74 Å². The summed E-state index contributed by atoms with van der Waals surface area (Å²) in [4.78, 5) is 24.7. The summed E-state index contributed by atoms with van der Waals surface area (Å²) in [7, 11) is 0. The zero-order chi connectivity index (χ0) is 62.8. The highest BCUT2D eigenvalue weighted by Gasteiger charge is 2.18. The van der Waals surface area contributed by atoms with E-state index in [0.717, 1.165) is 57.8 Å². The molecular weight excluding hydrogens is 1070 g/mol. The quantitative estimate of drug-likeness (QED) is 0.0320. The van der Waals surface area contributed by atoms with E-state index in [9.17, 15) is 19.8 Å². The van der Waals surface area contributed by atoms with Crippen molar-refractivity contribution < 1.29 is 24.5 Å². The van der Waals surface area contributed by atoms with Crippen LogP contribution >= 0.6 is 0 Å². The van der Waals surface area contributed by atoms with Crippen LogP contribution in [0.5, 0.6) is 0 Å². The Kier molecular flexibility index (Phi) is 73.9. The molecule has 0 saturated carbocycles. The Bertz CT molecular complexity index is 1500. The number of nitrogens with one attached hydrogen (secondary N) is 1. The van der Waals surface area contributed by atoms with Gasteiger partial charge in [0, 0.05) is 12.8 Å². The highest BCUT2D eigenvalue weighted by Crippen LogP contribution is 2.19. The third kappa shape index (κ3) is 72.5. The summed E-state index contributed by atoms with van der Waals surface area (Å²) in [6.45, 7) is 4.92. The van der Waals surface area contributed by atoms with Gasteiger partial charge in [0.15, 0.2) is 0 Å². The van der Waals surface area contributed by atoms with E-state index < -0.39 is 12.1 Å². The fourth-order valence-corrected chi connectivity index (χ4v) is 12.1. The molecule has 0 aliphatic rings. The smallest absolute Gasteiger partial charge is 0.305 e. The Morgan fingerprint density at radius 1 is 0.322 bits per heavy atom. The number of amides is 1. The lowest BCUT2D eigenvalue weighted by molar-refractivity contribution is -0.143. The van der Waals surface area contributed by atoms with Crippen molar-refractivity contribution in [2.75, 3.05) is 13.2 Å². The molecule has 0 radical (unpaired) electrons. The molecule has 6 heteroatoms. The van der Waals surface area contributed by atoms with Gasteiger partial charge in [-0.05, 0) is 96.3 Å². The summed E-state index contributed by atoms with van der Waals surface area (Å²) in [5, 5.41) is 23.3. The summed E-state index contributed by atoms with van der Waals surface area (Å²) in [6, 6.07) is -0.633. The monoisotopic (exact) mass is 1220 g/mol. The second-order valence-corrected chi connectivity index (χ2v) is 26.7. The maximum atomic E-state index is 12.6. The van der Waals surface area contributed by atoms with Crippen molar-refractivity contribution in [3.8, 4) is 0 Å². The van der Waals surface area contributed by atoms with Gasteiger partial charge in [0.2, 0.25) is 5.91 Å². The van der Waals surface area contributed by atoms with Crippen molar-refractivity contribution in [2.45, 2.75) is 431 Å². The van der Waals surface area contributed by atoms with E-state index >= 15 is 0 Å². The summed E-state index contributed by atoms with van der Waals surface area (Å²) in [5.41, 5.74) is 0. The number of carbonyl (C=O) groups excluding carboxylic acids is 2. The minimum atomic E-state index is -0.850. The van der Waals surface area contributed by atoms with Crippen molar-refractivity contribution in [1.82, 2.24) is 5.32 Å². The molecule has 1 amide bonds. The molecule has 0 fully saturated rings. The lowest BCUT2D eigenvalue weighted by Gasteiger charge is -2.20. The van der Waals surface area contributed by atoms with Crippen LogP contribution < -0.4 is 5.32 Å². The highest BCUT2D eigenvalue weighted by molar-refractivity contribution is 5.76. The van der Waals surface area contributed by atoms with Gasteiger partial charge >= 0.3 is 5.97 Å². The van der Waals surface area contributed by atoms with Crippen LogP contribution in [-0.4, -0.2) is 47.4 Å². The van der Waals surface area contributed by atoms with Gasteiger partial charge in [0.05, 0.1) is 25.4 Å². The highest BCUT2D eigenvalue weighted by atomic mass is 16.5. The maximum absolute atomic E-state index is 12.6. The third-order valence-electron chi connectivity index (χ3n) is 18.0. The van der Waals surface area contributed by atoms with Crippen LogP contribution in [0.15, 0.2) is 60.8 Å². The molecule has 2 atom stereocenters. The molecule has 2 unspecified atom stereocenters. The molecule has 6 nitrogen and oxygen atoms in total. The minimum Gasteiger partial charge on any atom is -0.466 e. The zero-order valence-electron chi connectivity index (χ0n) is 58.5. The van der Waals surface area contributed by atoms with Crippen LogP contribution in [0, 0.1) is 0 Å². The average molecular weight is 1220 g/mol. The van der Waals surface area contributed by atoms with Gasteiger partial charge in [-0.2, -0.15) is 0 Å². The van der Waals surface area contributed by atoms with Crippen molar-refractivity contribution in [3.05, 3.63) is 60.8 Å². The van der Waals surface area contributed by atoms with Gasteiger partial charge < -0.3 is 20.3 Å². The van der Waals surface area contributed by atoms with Crippen molar-refractivity contribution >= 4 is 11.9 Å². The topological polar surface area (TPSA) is 95.9 Å². The molecular formula is C81H151NO5. The summed E-state index contributed by atoms with van der Waals surface area (Å²) >= 11 is 0. The fraction of sp³-hybridized carbons (Fsp3) is 0.852. The van der Waals surface area contributed by atoms with Crippen molar-refractivity contribution in [3.63, 3.8) is 0 Å². The van der Waals surface area contributed by atoms with Gasteiger partial charge in [0.1, 0.15) is 0 Å². The number of unbranched alkanes of at least 4 members (excludes halogenated alkanes) is 54. The molecule has 0 aromatic heterocycles. The zero-order valence-corrected chi connectivity index (χ0v) is 58.5. The molecule has 0 saturated heterocycles. The van der Waals surface area contributed by atoms with E-state index in [1.54, 1.807) is 6.08 Å². The lowest BCUT2D eigenvalue weighted by atomic mass is 10.0. The second-order valence-electron chi connectivity index (χ2n) is 26.7. The molecule has 87 heavy (non-hydrogen) atoms. The number of esters is 1. The number of hydrogen-bond donors (Lipinski definition) is 3. The van der Waals surface area contributed by atoms with Crippen LogP contribution in [0.3, 0.4) is 0 Å². The predicted octanol–water partition coefficient (Wildman–Crippen LogP) is 25.8. The first kappa shape index (κ1) is 84.6. The molecule has 0 heterocycles. The normalized spacial score (nSPS) is 12.8. The van der Waals surface area contributed by atoms with Gasteiger partial charge in [-0.3, -0.25) is 9.59 Å². The second kappa shape index (κ2) is 76.0. The average Bonchev–Trinajstić information content (AvgIpc) is 3.52. The SMILES string of the molecule is CCCCCC/C=C\C/C=C\CCCCCCCCCC(=O)OCCCCCCCCCCC/C=C\C/C=C\CCCCCCCCCCCCCC(=O)NC(CO)C(O)/C=C/CCCCCCCCCCCCCCCCCCCCCCCCC. The first-order valence-electron chi connectivity index (χ1n) is 39.1. The van der Waals surface area contributed by atoms with Crippen LogP contribution in [0.4, 0.5) is 0 Å². The van der Waals surface area contributed by atoms with Crippen LogP contribution in [0.25, 0.3) is 0 Å². The Morgan fingerprint density at radius 3 is 0.885 bits per heavy atom. The first-order chi connectivity index (χ1) is 43.0. The summed E-state index contributed by atoms with van der Waals surface area (Å²) < 4.78 is 5.50. The lowest BCUT2D eigenvalue weighted by Crippen LogP contribution is -2.45. The summed E-state index contributed by atoms with van der Waals surface area (Å²) in [6.07, 6.45) is 102. The number of allylic oxidation sites excluding steroid dienone is 9. The van der Waals surface area contributed by atoms with Crippen LogP contribution in [0.1, 0.15) is 418 Å². The predicted molar refractivity (Wildman–Crippen MR) is 384 cm³/mol. The Balaban J connectivity index is 3.44. The van der Waals surface area contributed by atoms with E-state index in [1.165, 1.54) is 334 Å². The standard InChI is InChI=1S/C81H151NO5/c1-3-5-7-9-11-13-15-17-19-21-23-24-25-29-32-35-38-41-45-49-53-57-61-65-69-73-79(84)78(77-83)82-80(85)74-70-66-62-58-54-50-46-42-39-36-33-30-27-26-28-31-34-37-40-44-48-52-56-60-64-68-72-76-87-81(86)75-71-67-63-59-55-51-47-43-22-20-18-16-14-12-10-8-6-4-2/h14,16,20,22,26-27,31,34,69,73,78-79,83-84H,3-13,15,17-19,21,23-25,28-30,32-33,35-68,70-72,74-77H2,1-2H3,(H,82,85)/b16-14-,22-20-,27-26-,34-31-,73-69+. The minimum absolute atomic E-state index is 0.00321. The van der Waals surface area contributed by atoms with Gasteiger partial charge in [-0.1, -0.05) is 370 Å². The molecule has 0 bridgehead atoms. The third-order valence-corrected chi connectivity index (χ3v) is 18.0. The molecule has 0 aliphatic carbocycles. The Labute approximate surface area is 543 Å². The molecule has 3 N–H and O–H groups in total. The van der Waals surface area contributed by atoms with E-state index in [2.05, 4.69) is 67.8 Å². The molecule has 0 spiro atoms. The number of rotatable bonds is 73. The van der Waals surface area contributed by atoms with E-state index in [0.29, 0.717) is 19.4 Å². The Morgan fingerprint density at radius 2 is 0.575 bits per heavy atom.